The van der Waals surface area contributed by atoms with Crippen LogP contribution < -0.4 is 5.32 Å². The molecule has 0 unspecified atom stereocenters. The zero-order valence-corrected chi connectivity index (χ0v) is 8.12. The van der Waals surface area contributed by atoms with Gasteiger partial charge in [0.05, 0.1) is 6.61 Å². The fourth-order valence-electron chi connectivity index (χ4n) is 1.76. The lowest BCUT2D eigenvalue weighted by Gasteiger charge is -2.30. The van der Waals surface area contributed by atoms with Crippen molar-refractivity contribution in [2.45, 2.75) is 12.8 Å². The molecule has 1 saturated heterocycles. The van der Waals surface area contributed by atoms with Gasteiger partial charge in [0, 0.05) is 19.5 Å². The molecular weight excluding hydrogens is 168 g/mol. The maximum atomic E-state index is 11.3. The number of carbonyl (C=O) groups excluding carboxylic acids is 1. The van der Waals surface area contributed by atoms with Crippen LogP contribution in [0.1, 0.15) is 12.8 Å². The second kappa shape index (κ2) is 5.19. The zero-order chi connectivity index (χ0) is 9.68. The van der Waals surface area contributed by atoms with Gasteiger partial charge in [0.1, 0.15) is 0 Å². The Bertz CT molecular complexity index is 165. The Hall–Kier alpha value is -0.610. The Kier molecular flexibility index (Phi) is 4.18. The SMILES string of the molecule is CNC(=O)C1CCN(CCO)CC1. The smallest absolute Gasteiger partial charge is 0.222 e. The number of carbonyl (C=O) groups is 1. The van der Waals surface area contributed by atoms with Gasteiger partial charge in [-0.2, -0.15) is 0 Å². The average Bonchev–Trinajstić information content (AvgIpc) is 2.18. The van der Waals surface area contributed by atoms with Crippen LogP contribution in [0.25, 0.3) is 0 Å². The van der Waals surface area contributed by atoms with Crippen molar-refractivity contribution in [3.05, 3.63) is 0 Å². The van der Waals surface area contributed by atoms with E-state index in [1.54, 1.807) is 7.05 Å². The second-order valence-electron chi connectivity index (χ2n) is 3.45. The lowest BCUT2D eigenvalue weighted by Crippen LogP contribution is -2.40. The third kappa shape index (κ3) is 2.97. The number of rotatable bonds is 3. The standard InChI is InChI=1S/C9H18N2O2/c1-10-9(13)8-2-4-11(5-3-8)6-7-12/h8,12H,2-7H2,1H3,(H,10,13). The minimum Gasteiger partial charge on any atom is -0.395 e. The molecule has 2 N–H and O–H groups in total. The highest BCUT2D eigenvalue weighted by molar-refractivity contribution is 5.78. The highest BCUT2D eigenvalue weighted by atomic mass is 16.3. The Morgan fingerprint density at radius 3 is 2.62 bits per heavy atom. The molecule has 1 aliphatic heterocycles. The van der Waals surface area contributed by atoms with Gasteiger partial charge >= 0.3 is 0 Å². The summed E-state index contributed by atoms with van der Waals surface area (Å²) in [6, 6.07) is 0. The Labute approximate surface area is 78.9 Å². The molecule has 0 bridgehead atoms. The minimum atomic E-state index is 0.156. The van der Waals surface area contributed by atoms with Gasteiger partial charge in [-0.3, -0.25) is 4.79 Å². The minimum absolute atomic E-state index is 0.156. The Balaban J connectivity index is 2.26. The summed E-state index contributed by atoms with van der Waals surface area (Å²) in [5.74, 6) is 0.337. The van der Waals surface area contributed by atoms with Crippen LogP contribution in [-0.4, -0.2) is 49.2 Å². The fraction of sp³-hybridized carbons (Fsp3) is 0.889. The number of piperidine rings is 1. The summed E-state index contributed by atoms with van der Waals surface area (Å²) < 4.78 is 0. The van der Waals surface area contributed by atoms with E-state index >= 15 is 0 Å². The molecule has 0 saturated carbocycles. The third-order valence-corrected chi connectivity index (χ3v) is 2.62. The summed E-state index contributed by atoms with van der Waals surface area (Å²) in [5, 5.41) is 11.4. The Morgan fingerprint density at radius 2 is 2.15 bits per heavy atom. The van der Waals surface area contributed by atoms with Crippen molar-refractivity contribution in [3.63, 3.8) is 0 Å². The lowest BCUT2D eigenvalue weighted by molar-refractivity contribution is -0.125. The molecule has 4 nitrogen and oxygen atoms in total. The van der Waals surface area contributed by atoms with E-state index in [-0.39, 0.29) is 18.4 Å². The first kappa shape index (κ1) is 10.5. The molecule has 1 fully saturated rings. The molecule has 0 aromatic heterocycles. The van der Waals surface area contributed by atoms with E-state index in [0.717, 1.165) is 32.5 Å². The normalized spacial score (nSPS) is 20.2. The van der Waals surface area contributed by atoms with Crippen LogP contribution in [0, 0.1) is 5.92 Å². The third-order valence-electron chi connectivity index (χ3n) is 2.62. The molecule has 1 aliphatic rings. The number of hydrogen-bond donors (Lipinski definition) is 2. The van der Waals surface area contributed by atoms with Gasteiger partial charge in [-0.25, -0.2) is 0 Å². The number of likely N-dealkylation sites (tertiary alicyclic amines) is 1. The molecule has 1 rings (SSSR count). The summed E-state index contributed by atoms with van der Waals surface area (Å²) in [5.41, 5.74) is 0. The summed E-state index contributed by atoms with van der Waals surface area (Å²) >= 11 is 0. The van der Waals surface area contributed by atoms with Crippen molar-refractivity contribution >= 4 is 5.91 Å². The maximum Gasteiger partial charge on any atom is 0.222 e. The van der Waals surface area contributed by atoms with E-state index in [2.05, 4.69) is 10.2 Å². The van der Waals surface area contributed by atoms with Crippen LogP contribution >= 0.6 is 0 Å². The van der Waals surface area contributed by atoms with Gasteiger partial charge in [-0.1, -0.05) is 0 Å². The molecule has 1 heterocycles. The molecule has 1 amide bonds. The Morgan fingerprint density at radius 1 is 1.54 bits per heavy atom. The summed E-state index contributed by atoms with van der Waals surface area (Å²) in [7, 11) is 1.68. The topological polar surface area (TPSA) is 52.6 Å². The fourth-order valence-corrected chi connectivity index (χ4v) is 1.76. The van der Waals surface area contributed by atoms with Crippen LogP contribution in [0.4, 0.5) is 0 Å². The predicted octanol–water partition coefficient (Wildman–Crippen LogP) is -0.563. The van der Waals surface area contributed by atoms with E-state index in [1.807, 2.05) is 0 Å². The molecule has 4 heteroatoms. The number of aliphatic hydroxyl groups is 1. The van der Waals surface area contributed by atoms with Crippen LogP contribution in [-0.2, 0) is 4.79 Å². The molecule has 0 radical (unpaired) electrons. The molecule has 76 valence electrons. The van der Waals surface area contributed by atoms with Gasteiger partial charge < -0.3 is 15.3 Å². The highest BCUT2D eigenvalue weighted by Crippen LogP contribution is 2.16. The number of nitrogens with one attached hydrogen (secondary N) is 1. The average molecular weight is 186 g/mol. The first-order chi connectivity index (χ1) is 6.27. The van der Waals surface area contributed by atoms with Crippen LogP contribution in [0.2, 0.25) is 0 Å². The van der Waals surface area contributed by atoms with Crippen molar-refractivity contribution in [3.8, 4) is 0 Å². The van der Waals surface area contributed by atoms with Gasteiger partial charge in [-0.05, 0) is 25.9 Å². The van der Waals surface area contributed by atoms with Gasteiger partial charge in [-0.15, -0.1) is 0 Å². The van der Waals surface area contributed by atoms with Crippen LogP contribution in [0.5, 0.6) is 0 Å². The molecular formula is C9H18N2O2. The number of nitrogens with zero attached hydrogens (tertiary/aromatic N) is 1. The molecule has 0 aromatic carbocycles. The molecule has 0 aliphatic carbocycles. The lowest BCUT2D eigenvalue weighted by atomic mass is 9.96. The van der Waals surface area contributed by atoms with Crippen molar-refractivity contribution in [1.29, 1.82) is 0 Å². The highest BCUT2D eigenvalue weighted by Gasteiger charge is 2.23. The van der Waals surface area contributed by atoms with Gasteiger partial charge in [0.25, 0.3) is 0 Å². The van der Waals surface area contributed by atoms with Crippen molar-refractivity contribution in [2.24, 2.45) is 5.92 Å². The van der Waals surface area contributed by atoms with E-state index < -0.39 is 0 Å². The second-order valence-corrected chi connectivity index (χ2v) is 3.45. The van der Waals surface area contributed by atoms with Crippen molar-refractivity contribution in [1.82, 2.24) is 10.2 Å². The monoisotopic (exact) mass is 186 g/mol. The number of hydrogen-bond acceptors (Lipinski definition) is 3. The molecule has 0 atom stereocenters. The maximum absolute atomic E-state index is 11.3. The largest absolute Gasteiger partial charge is 0.395 e. The van der Waals surface area contributed by atoms with E-state index in [9.17, 15) is 4.79 Å². The summed E-state index contributed by atoms with van der Waals surface area (Å²) in [4.78, 5) is 13.4. The number of β-amino-alcohol motifs (C(OH)–C–C–N with tert-alkyl or cyclic N) is 1. The molecule has 0 spiro atoms. The van der Waals surface area contributed by atoms with E-state index in [1.165, 1.54) is 0 Å². The summed E-state index contributed by atoms with van der Waals surface area (Å²) in [6.45, 7) is 2.81. The van der Waals surface area contributed by atoms with Crippen molar-refractivity contribution < 1.29 is 9.90 Å². The van der Waals surface area contributed by atoms with Crippen molar-refractivity contribution in [2.75, 3.05) is 33.3 Å². The number of amides is 1. The first-order valence-electron chi connectivity index (χ1n) is 4.82. The number of aliphatic hydroxyl groups excluding tert-OH is 1. The van der Waals surface area contributed by atoms with E-state index in [0.29, 0.717) is 0 Å². The van der Waals surface area contributed by atoms with Gasteiger partial charge in [0.15, 0.2) is 0 Å². The molecule has 13 heavy (non-hydrogen) atoms. The van der Waals surface area contributed by atoms with Crippen LogP contribution in [0.3, 0.4) is 0 Å². The quantitative estimate of drug-likeness (QED) is 0.621. The van der Waals surface area contributed by atoms with E-state index in [4.69, 9.17) is 5.11 Å². The predicted molar refractivity (Wildman–Crippen MR) is 50.3 cm³/mol. The zero-order valence-electron chi connectivity index (χ0n) is 8.12. The summed E-state index contributed by atoms with van der Waals surface area (Å²) in [6.07, 6.45) is 1.83. The first-order valence-corrected chi connectivity index (χ1v) is 4.82. The molecule has 0 aromatic rings. The van der Waals surface area contributed by atoms with Crippen LogP contribution in [0.15, 0.2) is 0 Å². The van der Waals surface area contributed by atoms with Gasteiger partial charge in [0.2, 0.25) is 5.91 Å².